The van der Waals surface area contributed by atoms with Gasteiger partial charge in [-0.2, -0.15) is 5.10 Å². The largest absolute Gasteiger partial charge is 0.443 e. The lowest BCUT2D eigenvalue weighted by molar-refractivity contribution is -0.278. The number of aliphatic hydroxyl groups is 4. The lowest BCUT2D eigenvalue weighted by Crippen LogP contribution is -2.60. The molecule has 1 aliphatic heterocycles. The van der Waals surface area contributed by atoms with Crippen molar-refractivity contribution >= 4 is 0 Å². The van der Waals surface area contributed by atoms with Crippen LogP contribution in [0.1, 0.15) is 11.1 Å². The first-order chi connectivity index (χ1) is 12.1. The van der Waals surface area contributed by atoms with E-state index in [1.165, 1.54) is 6.20 Å². The van der Waals surface area contributed by atoms with Gasteiger partial charge in [0.05, 0.1) is 12.8 Å². The summed E-state index contributed by atoms with van der Waals surface area (Å²) in [5, 5.41) is 46.7. The first kappa shape index (κ1) is 17.7. The van der Waals surface area contributed by atoms with Crippen molar-refractivity contribution in [3.63, 3.8) is 0 Å². The van der Waals surface area contributed by atoms with Gasteiger partial charge in [0, 0.05) is 12.0 Å². The fourth-order valence-corrected chi connectivity index (χ4v) is 2.67. The number of aliphatic hydroxyl groups excluding tert-OH is 4. The maximum atomic E-state index is 10.1. The Kier molecular flexibility index (Phi) is 5.57. The van der Waals surface area contributed by atoms with Crippen molar-refractivity contribution < 1.29 is 29.9 Å². The van der Waals surface area contributed by atoms with E-state index in [1.807, 2.05) is 30.3 Å². The van der Waals surface area contributed by atoms with Crippen molar-refractivity contribution in [3.8, 4) is 5.88 Å². The first-order valence-corrected chi connectivity index (χ1v) is 7.92. The van der Waals surface area contributed by atoms with Crippen LogP contribution in [0.2, 0.25) is 0 Å². The zero-order valence-electron chi connectivity index (χ0n) is 13.3. The normalized spacial score (nSPS) is 29.4. The Hall–Kier alpha value is -2.10. The molecule has 0 saturated carbocycles. The zero-order chi connectivity index (χ0) is 17.8. The summed E-state index contributed by atoms with van der Waals surface area (Å²) < 4.78 is 10.9. The molecule has 1 aliphatic rings. The molecule has 25 heavy (non-hydrogen) atoms. The predicted molar refractivity (Wildman–Crippen MR) is 85.7 cm³/mol. The molecule has 8 nitrogen and oxygen atoms in total. The summed E-state index contributed by atoms with van der Waals surface area (Å²) in [7, 11) is 0. The average molecular weight is 348 g/mol. The van der Waals surface area contributed by atoms with E-state index in [-0.39, 0.29) is 5.88 Å². The van der Waals surface area contributed by atoms with Crippen LogP contribution in [-0.2, 0) is 11.2 Å². The standard InChI is InChI=1S/C17H20N2O6/c20-9-12-13(21)14(22)15(23)17(24-12)25-16-11(6-7-18-19-16)8-10-4-2-1-3-5-10/h1-7,12-15,17,20-23H,8-9H2/t12-,13-,14+,15-,17+/m1/s1. The third-order valence-electron chi connectivity index (χ3n) is 4.08. The maximum absolute atomic E-state index is 10.1. The first-order valence-electron chi connectivity index (χ1n) is 7.92. The van der Waals surface area contributed by atoms with Gasteiger partial charge in [0.1, 0.15) is 24.4 Å². The van der Waals surface area contributed by atoms with Crippen molar-refractivity contribution in [2.75, 3.05) is 6.61 Å². The molecular weight excluding hydrogens is 328 g/mol. The second kappa shape index (κ2) is 7.85. The molecule has 8 heteroatoms. The van der Waals surface area contributed by atoms with Gasteiger partial charge >= 0.3 is 0 Å². The molecule has 0 unspecified atom stereocenters. The minimum Gasteiger partial charge on any atom is -0.443 e. The molecule has 0 aliphatic carbocycles. The summed E-state index contributed by atoms with van der Waals surface area (Å²) in [6.07, 6.45) is -4.72. The summed E-state index contributed by atoms with van der Waals surface area (Å²) in [6, 6.07) is 11.4. The second-order valence-corrected chi connectivity index (χ2v) is 5.84. The van der Waals surface area contributed by atoms with Crippen LogP contribution in [0, 0.1) is 0 Å². The molecule has 0 spiro atoms. The minimum atomic E-state index is -1.51. The van der Waals surface area contributed by atoms with Crippen molar-refractivity contribution in [3.05, 3.63) is 53.7 Å². The van der Waals surface area contributed by atoms with Gasteiger partial charge < -0.3 is 29.9 Å². The van der Waals surface area contributed by atoms with E-state index in [0.29, 0.717) is 6.42 Å². The number of rotatable bonds is 5. The Morgan fingerprint density at radius 1 is 1.00 bits per heavy atom. The van der Waals surface area contributed by atoms with Gasteiger partial charge in [0.25, 0.3) is 0 Å². The van der Waals surface area contributed by atoms with Gasteiger partial charge in [-0.25, -0.2) is 0 Å². The molecule has 1 fully saturated rings. The molecule has 5 atom stereocenters. The highest BCUT2D eigenvalue weighted by molar-refractivity contribution is 5.31. The zero-order valence-corrected chi connectivity index (χ0v) is 13.3. The van der Waals surface area contributed by atoms with Gasteiger partial charge in [0.15, 0.2) is 0 Å². The molecule has 1 aromatic carbocycles. The Morgan fingerprint density at radius 3 is 2.48 bits per heavy atom. The number of nitrogens with zero attached hydrogens (tertiary/aromatic N) is 2. The van der Waals surface area contributed by atoms with Crippen LogP contribution in [0.3, 0.4) is 0 Å². The number of hydrogen-bond acceptors (Lipinski definition) is 8. The monoisotopic (exact) mass is 348 g/mol. The van der Waals surface area contributed by atoms with Crippen molar-refractivity contribution in [2.45, 2.75) is 37.1 Å². The smallest absolute Gasteiger partial charge is 0.239 e. The van der Waals surface area contributed by atoms with Gasteiger partial charge in [-0.05, 0) is 11.6 Å². The van der Waals surface area contributed by atoms with Crippen LogP contribution in [0.15, 0.2) is 42.6 Å². The van der Waals surface area contributed by atoms with Gasteiger partial charge in [-0.3, -0.25) is 0 Å². The highest BCUT2D eigenvalue weighted by atomic mass is 16.7. The van der Waals surface area contributed by atoms with Crippen LogP contribution in [-0.4, -0.2) is 67.9 Å². The van der Waals surface area contributed by atoms with Gasteiger partial charge in [-0.1, -0.05) is 30.3 Å². The van der Waals surface area contributed by atoms with E-state index < -0.39 is 37.3 Å². The Balaban J connectivity index is 1.78. The summed E-state index contributed by atoms with van der Waals surface area (Å²) in [5.74, 6) is 0.149. The van der Waals surface area contributed by atoms with E-state index in [1.54, 1.807) is 6.07 Å². The molecule has 0 radical (unpaired) electrons. The van der Waals surface area contributed by atoms with E-state index in [2.05, 4.69) is 10.2 Å². The van der Waals surface area contributed by atoms with Crippen molar-refractivity contribution in [2.24, 2.45) is 0 Å². The number of hydrogen-bond donors (Lipinski definition) is 4. The highest BCUT2D eigenvalue weighted by Crippen LogP contribution is 2.25. The van der Waals surface area contributed by atoms with Crippen LogP contribution in [0.4, 0.5) is 0 Å². The summed E-state index contributed by atoms with van der Waals surface area (Å²) in [6.45, 7) is -0.526. The lowest BCUT2D eigenvalue weighted by atomic mass is 9.99. The van der Waals surface area contributed by atoms with Crippen LogP contribution < -0.4 is 4.74 Å². The SMILES string of the molecule is OC[C@H]1O[C@@H](Oc2nnccc2Cc2ccccc2)[C@H](O)[C@@H](O)[C@@H]1O. The average Bonchev–Trinajstić information content (AvgIpc) is 2.64. The van der Waals surface area contributed by atoms with Crippen molar-refractivity contribution in [1.82, 2.24) is 10.2 Å². The Labute approximate surface area is 144 Å². The highest BCUT2D eigenvalue weighted by Gasteiger charge is 2.45. The van der Waals surface area contributed by atoms with E-state index in [9.17, 15) is 20.4 Å². The van der Waals surface area contributed by atoms with Crippen molar-refractivity contribution in [1.29, 1.82) is 0 Å². The minimum absolute atomic E-state index is 0.149. The quantitative estimate of drug-likeness (QED) is 0.556. The number of aromatic nitrogens is 2. The summed E-state index contributed by atoms with van der Waals surface area (Å²) in [5.41, 5.74) is 1.76. The van der Waals surface area contributed by atoms with Crippen LogP contribution in [0.25, 0.3) is 0 Å². The second-order valence-electron chi connectivity index (χ2n) is 5.84. The fraction of sp³-hybridized carbons (Fsp3) is 0.412. The molecular formula is C17H20N2O6. The third kappa shape index (κ3) is 3.94. The topological polar surface area (TPSA) is 125 Å². The number of benzene rings is 1. The van der Waals surface area contributed by atoms with Crippen LogP contribution >= 0.6 is 0 Å². The Morgan fingerprint density at radius 2 is 1.76 bits per heavy atom. The molecule has 1 aromatic heterocycles. The third-order valence-corrected chi connectivity index (χ3v) is 4.08. The van der Waals surface area contributed by atoms with E-state index in [0.717, 1.165) is 11.1 Å². The molecule has 4 N–H and O–H groups in total. The summed E-state index contributed by atoms with van der Waals surface area (Å²) >= 11 is 0. The molecule has 2 aromatic rings. The molecule has 0 amide bonds. The molecule has 2 heterocycles. The fourth-order valence-electron chi connectivity index (χ4n) is 2.67. The molecule has 0 bridgehead atoms. The maximum Gasteiger partial charge on any atom is 0.239 e. The summed E-state index contributed by atoms with van der Waals surface area (Å²) in [4.78, 5) is 0. The molecule has 134 valence electrons. The number of ether oxygens (including phenoxy) is 2. The van der Waals surface area contributed by atoms with Gasteiger partial charge in [-0.15, -0.1) is 5.10 Å². The van der Waals surface area contributed by atoms with Crippen LogP contribution in [0.5, 0.6) is 5.88 Å². The molecule has 3 rings (SSSR count). The lowest BCUT2D eigenvalue weighted by Gasteiger charge is -2.39. The van der Waals surface area contributed by atoms with E-state index in [4.69, 9.17) is 9.47 Å². The molecule has 1 saturated heterocycles. The predicted octanol–water partition coefficient (Wildman–Crippen LogP) is -0.754. The Bertz CT molecular complexity index is 684. The van der Waals surface area contributed by atoms with Gasteiger partial charge in [0.2, 0.25) is 12.2 Å². The van der Waals surface area contributed by atoms with E-state index >= 15 is 0 Å².